The minimum atomic E-state index is -0.707. The van der Waals surface area contributed by atoms with Crippen LogP contribution in [0.3, 0.4) is 0 Å². The first kappa shape index (κ1) is 13.5. The van der Waals surface area contributed by atoms with Crippen LogP contribution in [-0.4, -0.2) is 38.8 Å². The van der Waals surface area contributed by atoms with Gasteiger partial charge in [0, 0.05) is 47.0 Å². The van der Waals surface area contributed by atoms with Crippen LogP contribution >= 0.6 is 12.2 Å². The van der Waals surface area contributed by atoms with E-state index in [0.717, 1.165) is 35.2 Å². The van der Waals surface area contributed by atoms with Crippen molar-refractivity contribution >= 4 is 44.6 Å². The van der Waals surface area contributed by atoms with Gasteiger partial charge in [-0.1, -0.05) is 30.4 Å². The maximum absolute atomic E-state index is 11.5. The van der Waals surface area contributed by atoms with Crippen molar-refractivity contribution in [2.45, 2.75) is 0 Å². The number of hydrogen-bond acceptors (Lipinski definition) is 4. The van der Waals surface area contributed by atoms with Gasteiger partial charge < -0.3 is 10.6 Å². The molecule has 0 spiro atoms. The van der Waals surface area contributed by atoms with E-state index in [-0.39, 0.29) is 0 Å². The summed E-state index contributed by atoms with van der Waals surface area (Å²) >= 11 is 5.16. The molecule has 6 heteroatoms. The zero-order valence-electron chi connectivity index (χ0n) is 10.9. The molecule has 3 rings (SSSR count). The smallest absolute Gasteiger partial charge is 0.107 e. The number of pyridine rings is 1. The first-order valence-corrected chi connectivity index (χ1v) is 8.34. The molecule has 0 radical (unpaired) electrons. The summed E-state index contributed by atoms with van der Waals surface area (Å²) in [5.74, 6) is 1.38. The zero-order chi connectivity index (χ0) is 14.1. The number of thiocarbonyl (C=S) groups is 1. The highest BCUT2D eigenvalue weighted by atomic mass is 32.2. The maximum Gasteiger partial charge on any atom is 0.107 e. The number of nitrogens with zero attached hydrogens (tertiary/aromatic N) is 2. The Labute approximate surface area is 125 Å². The maximum atomic E-state index is 11.5. The SMILES string of the molecule is NC(=S)c1cnc2ccccc2c1N1CCS(=O)CC1. The number of aromatic nitrogens is 1. The summed E-state index contributed by atoms with van der Waals surface area (Å²) in [6.07, 6.45) is 1.74. The van der Waals surface area contributed by atoms with Crippen LogP contribution in [0.15, 0.2) is 30.5 Å². The third kappa shape index (κ3) is 2.41. The van der Waals surface area contributed by atoms with Crippen molar-refractivity contribution in [3.63, 3.8) is 0 Å². The highest BCUT2D eigenvalue weighted by Gasteiger charge is 2.21. The molecule has 0 atom stereocenters. The molecule has 4 nitrogen and oxygen atoms in total. The Balaban J connectivity index is 2.17. The van der Waals surface area contributed by atoms with E-state index in [0.29, 0.717) is 16.5 Å². The van der Waals surface area contributed by atoms with Crippen LogP contribution in [0.25, 0.3) is 10.9 Å². The van der Waals surface area contributed by atoms with Crippen LogP contribution < -0.4 is 10.6 Å². The zero-order valence-corrected chi connectivity index (χ0v) is 12.5. The monoisotopic (exact) mass is 305 g/mol. The van der Waals surface area contributed by atoms with Crippen LogP contribution in [0.2, 0.25) is 0 Å². The van der Waals surface area contributed by atoms with Gasteiger partial charge in [-0.3, -0.25) is 9.19 Å². The second-order valence-corrected chi connectivity index (χ2v) is 6.87. The molecule has 1 aromatic carbocycles. The van der Waals surface area contributed by atoms with Gasteiger partial charge in [0.05, 0.1) is 16.8 Å². The minimum absolute atomic E-state index is 0.352. The summed E-state index contributed by atoms with van der Waals surface area (Å²) in [4.78, 5) is 6.99. The van der Waals surface area contributed by atoms with Crippen LogP contribution in [0.5, 0.6) is 0 Å². The summed E-state index contributed by atoms with van der Waals surface area (Å²) in [7, 11) is -0.707. The van der Waals surface area contributed by atoms with Gasteiger partial charge >= 0.3 is 0 Å². The number of benzene rings is 1. The molecule has 0 unspecified atom stereocenters. The van der Waals surface area contributed by atoms with Gasteiger partial charge in [-0.15, -0.1) is 0 Å². The van der Waals surface area contributed by atoms with Gasteiger partial charge in [0.15, 0.2) is 0 Å². The Morgan fingerprint density at radius 1 is 1.30 bits per heavy atom. The highest BCUT2D eigenvalue weighted by molar-refractivity contribution is 7.85. The van der Waals surface area contributed by atoms with Gasteiger partial charge in [-0.2, -0.15) is 0 Å². The Hall–Kier alpha value is -1.53. The lowest BCUT2D eigenvalue weighted by atomic mass is 10.1. The van der Waals surface area contributed by atoms with Crippen molar-refractivity contribution in [2.75, 3.05) is 29.5 Å². The first-order chi connectivity index (χ1) is 9.66. The molecule has 1 fully saturated rings. The van der Waals surface area contributed by atoms with Crippen molar-refractivity contribution in [3.8, 4) is 0 Å². The van der Waals surface area contributed by atoms with E-state index in [2.05, 4.69) is 9.88 Å². The number of anilines is 1. The van der Waals surface area contributed by atoms with Gasteiger partial charge in [-0.25, -0.2) is 0 Å². The molecule has 1 aromatic heterocycles. The molecule has 2 heterocycles. The fourth-order valence-corrected chi connectivity index (χ4v) is 3.71. The van der Waals surface area contributed by atoms with Gasteiger partial charge in [-0.05, 0) is 6.07 Å². The third-order valence-electron chi connectivity index (χ3n) is 3.51. The number of fused-ring (bicyclic) bond motifs is 1. The lowest BCUT2D eigenvalue weighted by molar-refractivity contribution is 0.673. The van der Waals surface area contributed by atoms with Gasteiger partial charge in [0.1, 0.15) is 4.99 Å². The molecule has 0 amide bonds. The lowest BCUT2D eigenvalue weighted by Gasteiger charge is -2.31. The fourth-order valence-electron chi connectivity index (χ4n) is 2.51. The molecular weight excluding hydrogens is 290 g/mol. The predicted molar refractivity (Wildman–Crippen MR) is 87.7 cm³/mol. The molecule has 0 bridgehead atoms. The average Bonchev–Trinajstić information content (AvgIpc) is 2.47. The molecule has 1 saturated heterocycles. The van der Waals surface area contributed by atoms with E-state index < -0.39 is 10.8 Å². The summed E-state index contributed by atoms with van der Waals surface area (Å²) in [5.41, 5.74) is 8.59. The number of nitrogens with two attached hydrogens (primary N) is 1. The van der Waals surface area contributed by atoms with Gasteiger partial charge in [0.2, 0.25) is 0 Å². The normalized spacial score (nSPS) is 16.5. The van der Waals surface area contributed by atoms with Crippen molar-refractivity contribution in [1.29, 1.82) is 0 Å². The van der Waals surface area contributed by atoms with E-state index in [1.807, 2.05) is 24.3 Å². The second-order valence-electron chi connectivity index (χ2n) is 4.74. The van der Waals surface area contributed by atoms with E-state index >= 15 is 0 Å². The van der Waals surface area contributed by atoms with Crippen molar-refractivity contribution in [3.05, 3.63) is 36.0 Å². The Bertz CT molecular complexity index is 692. The van der Waals surface area contributed by atoms with Gasteiger partial charge in [0.25, 0.3) is 0 Å². The Kier molecular flexibility index (Phi) is 3.67. The van der Waals surface area contributed by atoms with Crippen LogP contribution in [0.4, 0.5) is 5.69 Å². The number of para-hydroxylation sites is 1. The van der Waals surface area contributed by atoms with E-state index in [9.17, 15) is 4.21 Å². The highest BCUT2D eigenvalue weighted by Crippen LogP contribution is 2.30. The molecule has 2 N–H and O–H groups in total. The number of hydrogen-bond donors (Lipinski definition) is 1. The van der Waals surface area contributed by atoms with Crippen LogP contribution in [-0.2, 0) is 10.8 Å². The summed E-state index contributed by atoms with van der Waals surface area (Å²) in [6.45, 7) is 1.52. The molecular formula is C14H15N3OS2. The summed E-state index contributed by atoms with van der Waals surface area (Å²) < 4.78 is 11.5. The molecule has 0 aliphatic carbocycles. The molecule has 1 aliphatic rings. The lowest BCUT2D eigenvalue weighted by Crippen LogP contribution is -2.39. The molecule has 2 aromatic rings. The van der Waals surface area contributed by atoms with Crippen molar-refractivity contribution < 1.29 is 4.21 Å². The molecule has 1 aliphatic heterocycles. The Morgan fingerprint density at radius 3 is 2.70 bits per heavy atom. The minimum Gasteiger partial charge on any atom is -0.389 e. The van der Waals surface area contributed by atoms with Crippen molar-refractivity contribution in [2.24, 2.45) is 5.73 Å². The quantitative estimate of drug-likeness (QED) is 0.851. The predicted octanol–water partition coefficient (Wildman–Crippen LogP) is 1.44. The standard InChI is InChI=1S/C14H15N3OS2/c15-14(19)11-9-16-12-4-2-1-3-10(12)13(11)17-5-7-20(18)8-6-17/h1-4,9H,5-8H2,(H2,15,19). The van der Waals surface area contributed by atoms with E-state index in [1.165, 1.54) is 0 Å². The first-order valence-electron chi connectivity index (χ1n) is 6.44. The molecule has 104 valence electrons. The fraction of sp³-hybridized carbons (Fsp3) is 0.286. The average molecular weight is 305 g/mol. The summed E-state index contributed by atoms with van der Waals surface area (Å²) in [5, 5.41) is 1.05. The van der Waals surface area contributed by atoms with Crippen molar-refractivity contribution in [1.82, 2.24) is 4.98 Å². The van der Waals surface area contributed by atoms with E-state index in [1.54, 1.807) is 6.20 Å². The molecule has 20 heavy (non-hydrogen) atoms. The van der Waals surface area contributed by atoms with E-state index in [4.69, 9.17) is 18.0 Å². The third-order valence-corrected chi connectivity index (χ3v) is 5.00. The Morgan fingerprint density at radius 2 is 2.00 bits per heavy atom. The van der Waals surface area contributed by atoms with Crippen LogP contribution in [0, 0.1) is 0 Å². The second kappa shape index (κ2) is 5.46. The topological polar surface area (TPSA) is 59.2 Å². The largest absolute Gasteiger partial charge is 0.389 e. The van der Waals surface area contributed by atoms with Crippen LogP contribution in [0.1, 0.15) is 5.56 Å². The summed E-state index contributed by atoms with van der Waals surface area (Å²) in [6, 6.07) is 7.96. The molecule has 0 saturated carbocycles. The number of rotatable bonds is 2.